The number of aryl methyl sites for hydroxylation is 1. The maximum atomic E-state index is 13.2. The van der Waals surface area contributed by atoms with E-state index in [-0.39, 0.29) is 11.9 Å². The van der Waals surface area contributed by atoms with Crippen LogP contribution in [0, 0.1) is 6.92 Å². The molecule has 31 heavy (non-hydrogen) atoms. The van der Waals surface area contributed by atoms with Crippen molar-refractivity contribution in [2.75, 3.05) is 20.8 Å². The van der Waals surface area contributed by atoms with Crippen molar-refractivity contribution in [3.63, 3.8) is 0 Å². The second-order valence-corrected chi connectivity index (χ2v) is 7.76. The minimum Gasteiger partial charge on any atom is -0.497 e. The predicted molar refractivity (Wildman–Crippen MR) is 118 cm³/mol. The molecular weight excluding hydrogens is 392 g/mol. The zero-order valence-corrected chi connectivity index (χ0v) is 17.7. The van der Waals surface area contributed by atoms with Crippen molar-refractivity contribution in [1.82, 2.24) is 20.1 Å². The van der Waals surface area contributed by atoms with Gasteiger partial charge < -0.3 is 19.4 Å². The van der Waals surface area contributed by atoms with E-state index in [4.69, 9.17) is 9.47 Å². The number of H-pyrrole nitrogens is 2. The smallest absolute Gasteiger partial charge is 0.275 e. The molecule has 0 saturated heterocycles. The number of carbonyl (C=O) groups excluding carboxylic acids is 1. The highest BCUT2D eigenvalue weighted by Gasteiger charge is 2.41. The quantitative estimate of drug-likeness (QED) is 0.498. The first-order valence-electron chi connectivity index (χ1n) is 10.2. The molecule has 0 saturated carbocycles. The van der Waals surface area contributed by atoms with Crippen LogP contribution < -0.4 is 9.47 Å². The van der Waals surface area contributed by atoms with Crippen molar-refractivity contribution in [2.24, 2.45) is 0 Å². The summed E-state index contributed by atoms with van der Waals surface area (Å²) in [4.78, 5) is 18.5. The van der Waals surface area contributed by atoms with E-state index in [1.165, 1.54) is 0 Å². The number of aromatic amines is 2. The maximum Gasteiger partial charge on any atom is 0.275 e. The average molecular weight is 416 g/mol. The number of carbonyl (C=O) groups is 1. The van der Waals surface area contributed by atoms with Crippen LogP contribution in [0.15, 0.2) is 48.7 Å². The Balaban J connectivity index is 1.48. The summed E-state index contributed by atoms with van der Waals surface area (Å²) in [6.45, 7) is 2.54. The van der Waals surface area contributed by atoms with Gasteiger partial charge in [0, 0.05) is 34.9 Å². The van der Waals surface area contributed by atoms with Crippen LogP contribution in [-0.4, -0.2) is 46.8 Å². The maximum absolute atomic E-state index is 13.2. The first-order chi connectivity index (χ1) is 15.1. The Bertz CT molecular complexity index is 1260. The van der Waals surface area contributed by atoms with Crippen molar-refractivity contribution >= 4 is 16.8 Å². The van der Waals surface area contributed by atoms with Crippen LogP contribution >= 0.6 is 0 Å². The molecule has 3 heterocycles. The third kappa shape index (κ3) is 3.13. The minimum absolute atomic E-state index is 0.0439. The second kappa shape index (κ2) is 7.50. The third-order valence-electron chi connectivity index (χ3n) is 6.07. The predicted octanol–water partition coefficient (Wildman–Crippen LogP) is 4.00. The lowest BCUT2D eigenvalue weighted by Gasteiger charge is -2.26. The first-order valence-corrected chi connectivity index (χ1v) is 10.2. The van der Waals surface area contributed by atoms with E-state index in [2.05, 4.69) is 15.2 Å². The molecule has 0 radical (unpaired) electrons. The molecule has 1 aliphatic heterocycles. The fourth-order valence-electron chi connectivity index (χ4n) is 4.44. The zero-order valence-electron chi connectivity index (χ0n) is 17.7. The van der Waals surface area contributed by atoms with E-state index in [9.17, 15) is 4.79 Å². The van der Waals surface area contributed by atoms with Gasteiger partial charge in [-0.3, -0.25) is 9.89 Å². The summed E-state index contributed by atoms with van der Waals surface area (Å²) in [5.74, 6) is 1.56. The average Bonchev–Trinajstić information content (AvgIpc) is 3.46. The molecule has 2 N–H and O–H groups in total. The second-order valence-electron chi connectivity index (χ2n) is 7.76. The third-order valence-corrected chi connectivity index (χ3v) is 6.07. The SMILES string of the molecule is COc1ccc([C@H]2c3c(n[nH]c3C)C(=O)N2CCc2c[nH]c3ccc(OC)cc23)cc1. The molecule has 1 amide bonds. The van der Waals surface area contributed by atoms with E-state index >= 15 is 0 Å². The number of ether oxygens (including phenoxy) is 2. The van der Waals surface area contributed by atoms with Crippen LogP contribution in [-0.2, 0) is 6.42 Å². The zero-order chi connectivity index (χ0) is 21.5. The largest absolute Gasteiger partial charge is 0.497 e. The number of hydrogen-bond acceptors (Lipinski definition) is 4. The Labute approximate surface area is 180 Å². The standard InChI is InChI=1S/C24H24N4O3/c1-14-21-22(27-26-14)24(29)28(23(21)15-4-6-17(30-2)7-5-15)11-10-16-13-25-20-9-8-18(31-3)12-19(16)20/h4-9,12-13,23,25H,10-11H2,1-3H3,(H,26,27)/t23-/m0/s1. The van der Waals surface area contributed by atoms with Crippen LogP contribution in [0.25, 0.3) is 10.9 Å². The molecule has 2 aromatic heterocycles. The van der Waals surface area contributed by atoms with Crippen molar-refractivity contribution in [2.45, 2.75) is 19.4 Å². The van der Waals surface area contributed by atoms with Gasteiger partial charge in [0.05, 0.1) is 20.3 Å². The van der Waals surface area contributed by atoms with Gasteiger partial charge in [-0.2, -0.15) is 5.10 Å². The summed E-state index contributed by atoms with van der Waals surface area (Å²) in [6.07, 6.45) is 2.73. The van der Waals surface area contributed by atoms with E-state index in [1.807, 2.05) is 60.5 Å². The summed E-state index contributed by atoms with van der Waals surface area (Å²) in [5, 5.41) is 8.38. The molecule has 1 atom stereocenters. The summed E-state index contributed by atoms with van der Waals surface area (Å²) in [5.41, 5.74) is 5.63. The van der Waals surface area contributed by atoms with E-state index in [1.54, 1.807) is 14.2 Å². The molecule has 0 aliphatic carbocycles. The molecule has 2 aromatic carbocycles. The van der Waals surface area contributed by atoms with Crippen LogP contribution in [0.2, 0.25) is 0 Å². The van der Waals surface area contributed by atoms with E-state index in [0.29, 0.717) is 12.2 Å². The van der Waals surface area contributed by atoms with Gasteiger partial charge in [-0.15, -0.1) is 0 Å². The van der Waals surface area contributed by atoms with Crippen LogP contribution in [0.5, 0.6) is 11.5 Å². The highest BCUT2D eigenvalue weighted by atomic mass is 16.5. The molecule has 0 bridgehead atoms. The number of benzene rings is 2. The normalized spacial score (nSPS) is 15.5. The molecule has 5 rings (SSSR count). The summed E-state index contributed by atoms with van der Waals surface area (Å²) >= 11 is 0. The van der Waals surface area contributed by atoms with E-state index < -0.39 is 0 Å². The Kier molecular flexibility index (Phi) is 4.66. The fraction of sp³-hybridized carbons (Fsp3) is 0.250. The number of aromatic nitrogens is 3. The molecule has 0 unspecified atom stereocenters. The highest BCUT2D eigenvalue weighted by Crippen LogP contribution is 2.40. The summed E-state index contributed by atoms with van der Waals surface area (Å²) in [7, 11) is 3.31. The first kappa shape index (κ1) is 19.2. The molecular formula is C24H24N4O3. The van der Waals surface area contributed by atoms with Gasteiger partial charge in [0.15, 0.2) is 5.69 Å². The van der Waals surface area contributed by atoms with Crippen LogP contribution in [0.4, 0.5) is 0 Å². The molecule has 1 aliphatic rings. The van der Waals surface area contributed by atoms with Gasteiger partial charge >= 0.3 is 0 Å². The lowest BCUT2D eigenvalue weighted by atomic mass is 9.99. The van der Waals surface area contributed by atoms with Crippen molar-refractivity contribution < 1.29 is 14.3 Å². The molecule has 158 valence electrons. The lowest BCUT2D eigenvalue weighted by molar-refractivity contribution is 0.0745. The number of fused-ring (bicyclic) bond motifs is 2. The highest BCUT2D eigenvalue weighted by molar-refractivity contribution is 5.98. The Morgan fingerprint density at radius 1 is 1.06 bits per heavy atom. The Hall–Kier alpha value is -3.74. The molecule has 7 nitrogen and oxygen atoms in total. The van der Waals surface area contributed by atoms with Gasteiger partial charge in [-0.05, 0) is 54.8 Å². The molecule has 0 spiro atoms. The van der Waals surface area contributed by atoms with Crippen molar-refractivity contribution in [1.29, 1.82) is 0 Å². The van der Waals surface area contributed by atoms with Crippen molar-refractivity contribution in [3.05, 3.63) is 76.7 Å². The van der Waals surface area contributed by atoms with E-state index in [0.717, 1.165) is 51.2 Å². The van der Waals surface area contributed by atoms with Gasteiger partial charge in [0.25, 0.3) is 5.91 Å². The Morgan fingerprint density at radius 2 is 1.81 bits per heavy atom. The van der Waals surface area contributed by atoms with Crippen molar-refractivity contribution in [3.8, 4) is 11.5 Å². The molecule has 7 heteroatoms. The van der Waals surface area contributed by atoms with Gasteiger partial charge in [0.1, 0.15) is 11.5 Å². The Morgan fingerprint density at radius 3 is 2.55 bits per heavy atom. The molecule has 0 fully saturated rings. The number of amides is 1. The number of rotatable bonds is 6. The molecule has 4 aromatic rings. The van der Waals surface area contributed by atoms with Gasteiger partial charge in [0.2, 0.25) is 0 Å². The van der Waals surface area contributed by atoms with Gasteiger partial charge in [-0.1, -0.05) is 12.1 Å². The number of nitrogens with one attached hydrogen (secondary N) is 2. The lowest BCUT2D eigenvalue weighted by Crippen LogP contribution is -2.31. The topological polar surface area (TPSA) is 83.2 Å². The minimum atomic E-state index is -0.174. The van der Waals surface area contributed by atoms with Gasteiger partial charge in [-0.25, -0.2) is 0 Å². The fourth-order valence-corrected chi connectivity index (χ4v) is 4.44. The number of nitrogens with zero attached hydrogens (tertiary/aromatic N) is 2. The number of methoxy groups -OCH3 is 2. The summed E-state index contributed by atoms with van der Waals surface area (Å²) < 4.78 is 10.7. The number of hydrogen-bond donors (Lipinski definition) is 2. The monoisotopic (exact) mass is 416 g/mol. The van der Waals surface area contributed by atoms with Crippen LogP contribution in [0.3, 0.4) is 0 Å². The van der Waals surface area contributed by atoms with Crippen LogP contribution in [0.1, 0.15) is 38.9 Å². The summed E-state index contributed by atoms with van der Waals surface area (Å²) in [6, 6.07) is 13.7.